The molecule has 5 N–H and O–H groups in total. The van der Waals surface area contributed by atoms with Gasteiger partial charge in [-0.3, -0.25) is 4.79 Å². The summed E-state index contributed by atoms with van der Waals surface area (Å²) in [5, 5.41) is 21.9. The third-order valence-electron chi connectivity index (χ3n) is 4.21. The van der Waals surface area contributed by atoms with E-state index in [0.717, 1.165) is 0 Å². The maximum absolute atomic E-state index is 12.5. The number of aliphatic hydroxyl groups is 1. The van der Waals surface area contributed by atoms with Crippen LogP contribution in [0, 0.1) is 0 Å². The van der Waals surface area contributed by atoms with Crippen molar-refractivity contribution in [1.29, 1.82) is 0 Å². The highest BCUT2D eigenvalue weighted by Gasteiger charge is 2.30. The molecule has 8 nitrogen and oxygen atoms in total. The number of esters is 1. The molecule has 0 saturated carbocycles. The minimum atomic E-state index is -1.87. The maximum atomic E-state index is 12.5. The number of ether oxygens (including phenoxy) is 1. The van der Waals surface area contributed by atoms with Crippen molar-refractivity contribution in [2.75, 3.05) is 0 Å². The summed E-state index contributed by atoms with van der Waals surface area (Å²) < 4.78 is 5.26. The Balaban J connectivity index is 2.24. The third kappa shape index (κ3) is 6.13. The lowest BCUT2D eigenvalue weighted by Crippen LogP contribution is -2.40. The first-order valence-corrected chi connectivity index (χ1v) is 9.34. The van der Waals surface area contributed by atoms with Crippen molar-refractivity contribution in [3.8, 4) is 0 Å². The lowest BCUT2D eigenvalue weighted by atomic mass is 9.97. The van der Waals surface area contributed by atoms with Gasteiger partial charge in [-0.1, -0.05) is 42.5 Å². The van der Waals surface area contributed by atoms with Crippen LogP contribution in [0.25, 0.3) is 0 Å². The Bertz CT molecular complexity index is 890. The minimum Gasteiger partial charge on any atom is -0.479 e. The van der Waals surface area contributed by atoms with E-state index in [1.54, 1.807) is 51.1 Å². The summed E-state index contributed by atoms with van der Waals surface area (Å²) in [6, 6.07) is 12.1. The average molecular weight is 414 g/mol. The molecule has 2 aromatic rings. The highest BCUT2D eigenvalue weighted by atomic mass is 16.6. The van der Waals surface area contributed by atoms with Gasteiger partial charge in [0, 0.05) is 5.56 Å². The molecule has 2 aromatic carbocycles. The molecular formula is C22H26N2O6. The molecule has 0 aliphatic heterocycles. The number of hydrogen-bond donors (Lipinski definition) is 4. The average Bonchev–Trinajstić information content (AvgIpc) is 2.70. The van der Waals surface area contributed by atoms with E-state index < -0.39 is 41.6 Å². The number of benzene rings is 2. The van der Waals surface area contributed by atoms with Crippen molar-refractivity contribution in [2.45, 2.75) is 44.6 Å². The topological polar surface area (TPSA) is 139 Å². The largest absolute Gasteiger partial charge is 0.479 e. The van der Waals surface area contributed by atoms with Crippen molar-refractivity contribution in [3.05, 3.63) is 71.3 Å². The number of carbonyl (C=O) groups is 3. The van der Waals surface area contributed by atoms with E-state index in [0.29, 0.717) is 16.7 Å². The van der Waals surface area contributed by atoms with Crippen LogP contribution >= 0.6 is 0 Å². The van der Waals surface area contributed by atoms with E-state index in [2.05, 4.69) is 5.32 Å². The standard InChI is InChI=1S/C22H26N2O6/c1-22(2,3)30-21(29)16(23)13-9-11-14(12-10-13)17(18(25)20(27)28)24-19(26)15-7-5-4-6-8-15/h4-12,16-18,25H,23H2,1-3H3,(H,24,26)(H,27,28). The second-order valence-corrected chi connectivity index (χ2v) is 7.78. The lowest BCUT2D eigenvalue weighted by molar-refractivity contribution is -0.156. The molecule has 2 rings (SSSR count). The molecule has 0 bridgehead atoms. The highest BCUT2D eigenvalue weighted by Crippen LogP contribution is 2.22. The van der Waals surface area contributed by atoms with Crippen LogP contribution in [0.5, 0.6) is 0 Å². The zero-order valence-electron chi connectivity index (χ0n) is 17.0. The molecule has 0 fully saturated rings. The Morgan fingerprint density at radius 3 is 2.00 bits per heavy atom. The number of carboxylic acids is 1. The Morgan fingerprint density at radius 2 is 1.50 bits per heavy atom. The van der Waals surface area contributed by atoms with Gasteiger partial charge in [0.1, 0.15) is 11.6 Å². The molecule has 0 aliphatic carbocycles. The van der Waals surface area contributed by atoms with Crippen LogP contribution in [0.4, 0.5) is 0 Å². The zero-order chi connectivity index (χ0) is 22.5. The van der Waals surface area contributed by atoms with Gasteiger partial charge in [0.05, 0.1) is 6.04 Å². The number of amides is 1. The van der Waals surface area contributed by atoms with Crippen LogP contribution < -0.4 is 11.1 Å². The van der Waals surface area contributed by atoms with Crippen LogP contribution in [0.3, 0.4) is 0 Å². The summed E-state index contributed by atoms with van der Waals surface area (Å²) >= 11 is 0. The van der Waals surface area contributed by atoms with Crippen molar-refractivity contribution < 1.29 is 29.3 Å². The molecule has 0 aliphatic rings. The van der Waals surface area contributed by atoms with Crippen LogP contribution in [0.1, 0.15) is 54.3 Å². The van der Waals surface area contributed by atoms with Crippen LogP contribution in [-0.2, 0) is 14.3 Å². The number of rotatable bonds is 7. The minimum absolute atomic E-state index is 0.323. The number of nitrogens with two attached hydrogens (primary N) is 1. The molecule has 0 aromatic heterocycles. The number of aliphatic carboxylic acids is 1. The van der Waals surface area contributed by atoms with Gasteiger partial charge in [-0.25, -0.2) is 9.59 Å². The fraction of sp³-hybridized carbons (Fsp3) is 0.318. The first-order valence-electron chi connectivity index (χ1n) is 9.34. The van der Waals surface area contributed by atoms with Gasteiger partial charge >= 0.3 is 11.9 Å². The fourth-order valence-corrected chi connectivity index (χ4v) is 2.71. The highest BCUT2D eigenvalue weighted by molar-refractivity contribution is 5.94. The van der Waals surface area contributed by atoms with Gasteiger partial charge in [-0.2, -0.15) is 0 Å². The predicted molar refractivity (Wildman–Crippen MR) is 110 cm³/mol. The summed E-state index contributed by atoms with van der Waals surface area (Å²) in [6.45, 7) is 5.19. The van der Waals surface area contributed by atoms with Crippen molar-refractivity contribution in [2.24, 2.45) is 5.73 Å². The summed E-state index contributed by atoms with van der Waals surface area (Å²) in [7, 11) is 0. The molecule has 30 heavy (non-hydrogen) atoms. The van der Waals surface area contributed by atoms with Gasteiger partial charge in [-0.15, -0.1) is 0 Å². The van der Waals surface area contributed by atoms with E-state index in [9.17, 15) is 24.6 Å². The number of nitrogens with one attached hydrogen (secondary N) is 1. The Labute approximate surface area is 174 Å². The van der Waals surface area contributed by atoms with Crippen molar-refractivity contribution in [1.82, 2.24) is 5.32 Å². The van der Waals surface area contributed by atoms with E-state index in [1.807, 2.05) is 0 Å². The van der Waals surface area contributed by atoms with Gasteiger partial charge in [0.15, 0.2) is 6.10 Å². The summed E-state index contributed by atoms with van der Waals surface area (Å²) in [4.78, 5) is 36.0. The second kappa shape index (κ2) is 9.51. The zero-order valence-corrected chi connectivity index (χ0v) is 17.0. The molecule has 0 saturated heterocycles. The molecule has 0 heterocycles. The van der Waals surface area contributed by atoms with Gasteiger partial charge in [0.25, 0.3) is 5.91 Å². The number of aliphatic hydroxyl groups excluding tert-OH is 1. The molecule has 8 heteroatoms. The molecule has 0 spiro atoms. The lowest BCUT2D eigenvalue weighted by Gasteiger charge is -2.24. The molecule has 160 valence electrons. The van der Waals surface area contributed by atoms with Gasteiger partial charge in [-0.05, 0) is 44.0 Å². The van der Waals surface area contributed by atoms with Crippen LogP contribution in [-0.4, -0.2) is 39.8 Å². The first-order chi connectivity index (χ1) is 14.0. The monoisotopic (exact) mass is 414 g/mol. The van der Waals surface area contributed by atoms with Gasteiger partial charge < -0.3 is 26.0 Å². The van der Waals surface area contributed by atoms with E-state index >= 15 is 0 Å². The van der Waals surface area contributed by atoms with Crippen LogP contribution in [0.2, 0.25) is 0 Å². The molecule has 0 radical (unpaired) electrons. The second-order valence-electron chi connectivity index (χ2n) is 7.78. The Morgan fingerprint density at radius 1 is 0.967 bits per heavy atom. The first kappa shape index (κ1) is 23.1. The number of hydrogen-bond acceptors (Lipinski definition) is 6. The van der Waals surface area contributed by atoms with Crippen molar-refractivity contribution >= 4 is 17.8 Å². The molecule has 3 unspecified atom stereocenters. The number of carboxylic acid groups (broad SMARTS) is 1. The van der Waals surface area contributed by atoms with E-state index in [4.69, 9.17) is 10.5 Å². The SMILES string of the molecule is CC(C)(C)OC(=O)C(N)c1ccc(C(NC(=O)c2ccccc2)C(O)C(=O)O)cc1. The summed E-state index contributed by atoms with van der Waals surface area (Å²) in [5.74, 6) is -2.62. The fourth-order valence-electron chi connectivity index (χ4n) is 2.71. The number of carbonyl (C=O) groups excluding carboxylic acids is 2. The van der Waals surface area contributed by atoms with E-state index in [1.165, 1.54) is 24.3 Å². The third-order valence-corrected chi connectivity index (χ3v) is 4.21. The molecule has 3 atom stereocenters. The smallest absolute Gasteiger partial charge is 0.335 e. The van der Waals surface area contributed by atoms with Crippen molar-refractivity contribution in [3.63, 3.8) is 0 Å². The molecule has 1 amide bonds. The van der Waals surface area contributed by atoms with Gasteiger partial charge in [0.2, 0.25) is 0 Å². The quantitative estimate of drug-likeness (QED) is 0.508. The maximum Gasteiger partial charge on any atom is 0.335 e. The normalized spacial score (nSPS) is 14.3. The summed E-state index contributed by atoms with van der Waals surface area (Å²) in [6.07, 6.45) is -1.87. The Kier molecular flexibility index (Phi) is 7.31. The summed E-state index contributed by atoms with van der Waals surface area (Å²) in [5.41, 5.74) is 6.38. The Hall–Kier alpha value is -3.23. The molecular weight excluding hydrogens is 388 g/mol. The predicted octanol–water partition coefficient (Wildman–Crippen LogP) is 1.94. The van der Waals surface area contributed by atoms with Crippen LogP contribution in [0.15, 0.2) is 54.6 Å². The van der Waals surface area contributed by atoms with E-state index in [-0.39, 0.29) is 0 Å².